The topological polar surface area (TPSA) is 58.9 Å². The van der Waals surface area contributed by atoms with E-state index < -0.39 is 0 Å². The summed E-state index contributed by atoms with van der Waals surface area (Å²) in [6, 6.07) is 1.70. The summed E-state index contributed by atoms with van der Waals surface area (Å²) in [5, 5.41) is 0. The Labute approximate surface area is 71.0 Å². The molecule has 3 nitrogen and oxygen atoms in total. The number of aromatic amines is 1. The summed E-state index contributed by atoms with van der Waals surface area (Å²) in [6.07, 6.45) is 3.14. The molecule has 0 saturated carbocycles. The van der Waals surface area contributed by atoms with E-state index in [0.29, 0.717) is 18.7 Å². The Hall–Kier alpha value is -1.53. The van der Waals surface area contributed by atoms with Gasteiger partial charge in [0.2, 0.25) is 0 Å². The number of carbonyl (C=O) groups is 1. The molecule has 0 spiro atoms. The van der Waals surface area contributed by atoms with Gasteiger partial charge in [0.25, 0.3) is 0 Å². The quantitative estimate of drug-likeness (QED) is 0.492. The van der Waals surface area contributed by atoms with Gasteiger partial charge < -0.3 is 10.7 Å². The molecule has 3 heteroatoms. The van der Waals surface area contributed by atoms with Gasteiger partial charge in [-0.2, -0.15) is 0 Å². The summed E-state index contributed by atoms with van der Waals surface area (Å²) < 4.78 is 0. The van der Waals surface area contributed by atoms with E-state index in [-0.39, 0.29) is 0 Å². The summed E-state index contributed by atoms with van der Waals surface area (Å²) in [5.74, 6) is 5.76. The van der Waals surface area contributed by atoms with Gasteiger partial charge in [-0.1, -0.05) is 11.8 Å². The van der Waals surface area contributed by atoms with Crippen LogP contribution in [-0.4, -0.2) is 17.8 Å². The molecule has 0 saturated heterocycles. The highest BCUT2D eigenvalue weighted by Gasteiger charge is 1.92. The normalized spacial score (nSPS) is 8.75. The SMILES string of the molecule is NCCC#Cc1c[nH]c(C=O)c1. The molecule has 0 atom stereocenters. The van der Waals surface area contributed by atoms with Crippen molar-refractivity contribution < 1.29 is 4.79 Å². The Kier molecular flexibility index (Phi) is 3.12. The molecule has 0 aliphatic heterocycles. The van der Waals surface area contributed by atoms with Crippen LogP contribution in [0.2, 0.25) is 0 Å². The van der Waals surface area contributed by atoms with Gasteiger partial charge in [-0.25, -0.2) is 0 Å². The molecule has 1 aromatic rings. The first-order valence-electron chi connectivity index (χ1n) is 3.69. The second-order valence-electron chi connectivity index (χ2n) is 2.30. The Morgan fingerprint density at radius 1 is 1.67 bits per heavy atom. The van der Waals surface area contributed by atoms with E-state index in [1.165, 1.54) is 0 Å². The predicted molar refractivity (Wildman–Crippen MR) is 46.7 cm³/mol. The lowest BCUT2D eigenvalue weighted by molar-refractivity contribution is 0.111. The van der Waals surface area contributed by atoms with Crippen LogP contribution in [0.1, 0.15) is 22.5 Å². The maximum absolute atomic E-state index is 10.3. The minimum atomic E-state index is 0.548. The van der Waals surface area contributed by atoms with Crippen molar-refractivity contribution in [2.75, 3.05) is 6.54 Å². The largest absolute Gasteiger partial charge is 0.358 e. The average Bonchev–Trinajstić information content (AvgIpc) is 2.53. The molecule has 0 radical (unpaired) electrons. The third-order valence-corrected chi connectivity index (χ3v) is 1.33. The lowest BCUT2D eigenvalue weighted by Crippen LogP contribution is -1.95. The van der Waals surface area contributed by atoms with Crippen LogP contribution in [0.3, 0.4) is 0 Å². The van der Waals surface area contributed by atoms with Gasteiger partial charge in [-0.05, 0) is 6.07 Å². The molecule has 1 aromatic heterocycles. The molecular weight excluding hydrogens is 152 g/mol. The van der Waals surface area contributed by atoms with Crippen LogP contribution < -0.4 is 5.73 Å². The highest BCUT2D eigenvalue weighted by molar-refractivity contribution is 5.72. The second kappa shape index (κ2) is 4.37. The van der Waals surface area contributed by atoms with Gasteiger partial charge >= 0.3 is 0 Å². The number of hydrogen-bond donors (Lipinski definition) is 2. The summed E-state index contributed by atoms with van der Waals surface area (Å²) in [5.41, 5.74) is 6.63. The van der Waals surface area contributed by atoms with Gasteiger partial charge in [0.05, 0.1) is 5.69 Å². The van der Waals surface area contributed by atoms with Crippen molar-refractivity contribution in [1.29, 1.82) is 0 Å². The van der Waals surface area contributed by atoms with Crippen molar-refractivity contribution in [1.82, 2.24) is 4.98 Å². The fourth-order valence-electron chi connectivity index (χ4n) is 0.789. The maximum atomic E-state index is 10.3. The first kappa shape index (κ1) is 8.57. The fraction of sp³-hybridized carbons (Fsp3) is 0.222. The molecule has 12 heavy (non-hydrogen) atoms. The lowest BCUT2D eigenvalue weighted by atomic mass is 10.3. The highest BCUT2D eigenvalue weighted by atomic mass is 16.1. The molecule has 0 aliphatic carbocycles. The standard InChI is InChI=1S/C9H10N2O/c10-4-2-1-3-8-5-9(7-12)11-6-8/h5-7,11H,2,4,10H2. The van der Waals surface area contributed by atoms with Crippen LogP contribution in [0, 0.1) is 11.8 Å². The van der Waals surface area contributed by atoms with Gasteiger partial charge in [0.1, 0.15) is 0 Å². The van der Waals surface area contributed by atoms with Gasteiger partial charge in [-0.3, -0.25) is 4.79 Å². The van der Waals surface area contributed by atoms with E-state index in [4.69, 9.17) is 5.73 Å². The van der Waals surface area contributed by atoms with E-state index >= 15 is 0 Å². The van der Waals surface area contributed by atoms with Crippen LogP contribution in [0.5, 0.6) is 0 Å². The molecule has 0 unspecified atom stereocenters. The minimum absolute atomic E-state index is 0.548. The van der Waals surface area contributed by atoms with Gasteiger partial charge in [0.15, 0.2) is 6.29 Å². The maximum Gasteiger partial charge on any atom is 0.166 e. The number of hydrogen-bond acceptors (Lipinski definition) is 2. The summed E-state index contributed by atoms with van der Waals surface area (Å²) in [6.45, 7) is 0.567. The number of H-pyrrole nitrogens is 1. The van der Waals surface area contributed by atoms with Crippen LogP contribution in [0.25, 0.3) is 0 Å². The summed E-state index contributed by atoms with van der Waals surface area (Å²) in [4.78, 5) is 13.0. The monoisotopic (exact) mass is 162 g/mol. The molecule has 3 N–H and O–H groups in total. The Morgan fingerprint density at radius 3 is 3.08 bits per heavy atom. The minimum Gasteiger partial charge on any atom is -0.358 e. The number of aldehydes is 1. The average molecular weight is 162 g/mol. The number of aromatic nitrogens is 1. The molecule has 1 heterocycles. The number of nitrogens with two attached hydrogens (primary N) is 1. The highest BCUT2D eigenvalue weighted by Crippen LogP contribution is 1.98. The number of nitrogens with one attached hydrogen (secondary N) is 1. The predicted octanol–water partition coefficient (Wildman–Crippen LogP) is 0.528. The Balaban J connectivity index is 2.65. The molecular formula is C9H10N2O. The lowest BCUT2D eigenvalue weighted by Gasteiger charge is -1.78. The zero-order chi connectivity index (χ0) is 8.81. The molecule has 0 bridgehead atoms. The van der Waals surface area contributed by atoms with E-state index in [0.717, 1.165) is 11.8 Å². The molecule has 0 aromatic carbocycles. The van der Waals surface area contributed by atoms with Crippen molar-refractivity contribution >= 4 is 6.29 Å². The zero-order valence-corrected chi connectivity index (χ0v) is 6.63. The van der Waals surface area contributed by atoms with Gasteiger partial charge in [0, 0.05) is 24.7 Å². The van der Waals surface area contributed by atoms with E-state index in [9.17, 15) is 4.79 Å². The fourth-order valence-corrected chi connectivity index (χ4v) is 0.789. The van der Waals surface area contributed by atoms with Crippen LogP contribution in [-0.2, 0) is 0 Å². The Morgan fingerprint density at radius 2 is 2.50 bits per heavy atom. The number of rotatable bonds is 2. The first-order chi connectivity index (χ1) is 5.86. The molecule has 62 valence electrons. The van der Waals surface area contributed by atoms with Crippen molar-refractivity contribution in [3.63, 3.8) is 0 Å². The smallest absolute Gasteiger partial charge is 0.166 e. The van der Waals surface area contributed by atoms with Crippen molar-refractivity contribution in [3.05, 3.63) is 23.5 Å². The van der Waals surface area contributed by atoms with E-state index in [1.807, 2.05) is 0 Å². The Bertz CT molecular complexity index is 317. The van der Waals surface area contributed by atoms with Crippen molar-refractivity contribution in [2.45, 2.75) is 6.42 Å². The first-order valence-corrected chi connectivity index (χ1v) is 3.69. The van der Waals surface area contributed by atoms with Crippen LogP contribution in [0.4, 0.5) is 0 Å². The molecule has 0 aliphatic rings. The van der Waals surface area contributed by atoms with E-state index in [1.54, 1.807) is 12.3 Å². The van der Waals surface area contributed by atoms with Gasteiger partial charge in [-0.15, -0.1) is 0 Å². The third-order valence-electron chi connectivity index (χ3n) is 1.33. The summed E-state index contributed by atoms with van der Waals surface area (Å²) in [7, 11) is 0. The third kappa shape index (κ3) is 2.26. The van der Waals surface area contributed by atoms with Crippen LogP contribution in [0.15, 0.2) is 12.3 Å². The van der Waals surface area contributed by atoms with E-state index in [2.05, 4.69) is 16.8 Å². The molecule has 0 amide bonds. The molecule has 0 fully saturated rings. The van der Waals surface area contributed by atoms with Crippen LogP contribution >= 0.6 is 0 Å². The second-order valence-corrected chi connectivity index (χ2v) is 2.30. The summed E-state index contributed by atoms with van der Waals surface area (Å²) >= 11 is 0. The number of carbonyl (C=O) groups excluding carboxylic acids is 1. The van der Waals surface area contributed by atoms with Crippen molar-refractivity contribution in [3.8, 4) is 11.8 Å². The molecule has 1 rings (SSSR count). The van der Waals surface area contributed by atoms with Crippen molar-refractivity contribution in [2.24, 2.45) is 5.73 Å². The zero-order valence-electron chi connectivity index (χ0n) is 6.63.